The molecule has 3 heteroatoms. The second-order valence-electron chi connectivity index (χ2n) is 3.82. The van der Waals surface area contributed by atoms with Crippen molar-refractivity contribution in [3.05, 3.63) is 64.7 Å². The Morgan fingerprint density at radius 2 is 1.84 bits per heavy atom. The van der Waals surface area contributed by atoms with Gasteiger partial charge in [-0.1, -0.05) is 42.3 Å². The van der Waals surface area contributed by atoms with E-state index in [4.69, 9.17) is 8.22 Å². The highest BCUT2D eigenvalue weighted by atomic mass is 79.9. The Bertz CT molecular complexity index is 1050. The summed E-state index contributed by atoms with van der Waals surface area (Å²) < 4.78 is 62.2. The van der Waals surface area contributed by atoms with Gasteiger partial charge < -0.3 is 5.11 Å². The predicted molar refractivity (Wildman–Crippen MR) is 78.7 cm³/mol. The van der Waals surface area contributed by atoms with Gasteiger partial charge in [-0.2, -0.15) is 0 Å². The van der Waals surface area contributed by atoms with Gasteiger partial charge in [0.25, 0.3) is 0 Å². The number of phenolic OH excluding ortho intramolecular Hbond substituents is 1. The highest BCUT2D eigenvalue weighted by molar-refractivity contribution is 9.10. The van der Waals surface area contributed by atoms with Gasteiger partial charge in [0.2, 0.25) is 0 Å². The summed E-state index contributed by atoms with van der Waals surface area (Å²) in [4.78, 5) is 0. The fraction of sp³-hybridized carbons (Fsp3) is 0. The van der Waals surface area contributed by atoms with Crippen LogP contribution >= 0.6 is 15.9 Å². The minimum atomic E-state index is -0.745. The van der Waals surface area contributed by atoms with E-state index in [9.17, 15) is 9.50 Å². The maximum Gasteiger partial charge on any atom is 0.145 e. The molecule has 0 heterocycles. The molecule has 19 heavy (non-hydrogen) atoms. The lowest BCUT2D eigenvalue weighted by Crippen LogP contribution is -1.87. The van der Waals surface area contributed by atoms with Gasteiger partial charge in [0.05, 0.1) is 12.7 Å². The van der Waals surface area contributed by atoms with E-state index in [1.165, 1.54) is 18.2 Å². The predicted octanol–water partition coefficient (Wildman–Crippen LogP) is 5.11. The number of fused-ring (bicyclic) bond motifs is 1. The van der Waals surface area contributed by atoms with Crippen LogP contribution in [-0.2, 0) is 0 Å². The molecule has 0 aliphatic heterocycles. The van der Waals surface area contributed by atoms with Gasteiger partial charge in [0, 0.05) is 16.5 Å². The van der Waals surface area contributed by atoms with Crippen LogP contribution in [0.5, 0.6) is 5.75 Å². The first kappa shape index (κ1) is 7.06. The minimum absolute atomic E-state index is 0.102. The van der Waals surface area contributed by atoms with E-state index in [1.807, 2.05) is 0 Å². The molecule has 0 amide bonds. The van der Waals surface area contributed by atoms with Crippen LogP contribution in [0.1, 0.15) is 8.22 Å². The van der Waals surface area contributed by atoms with Crippen LogP contribution < -0.4 is 0 Å². The van der Waals surface area contributed by atoms with Crippen LogP contribution in [0.4, 0.5) is 4.39 Å². The van der Waals surface area contributed by atoms with E-state index < -0.39 is 47.8 Å². The molecule has 0 aromatic heterocycles. The molecule has 0 saturated carbocycles. The third kappa shape index (κ3) is 2.00. The van der Waals surface area contributed by atoms with E-state index in [0.29, 0.717) is 0 Å². The molecule has 3 rings (SSSR count). The average molecular weight is 323 g/mol. The molecule has 0 bridgehead atoms. The molecule has 3 aromatic carbocycles. The van der Waals surface area contributed by atoms with Gasteiger partial charge in [0.15, 0.2) is 0 Å². The summed E-state index contributed by atoms with van der Waals surface area (Å²) in [6.45, 7) is 0. The number of aromatic hydroxyl groups is 1. The number of benzene rings is 3. The van der Waals surface area contributed by atoms with Crippen molar-refractivity contribution in [1.29, 1.82) is 0 Å². The van der Waals surface area contributed by atoms with Gasteiger partial charge >= 0.3 is 0 Å². The highest BCUT2D eigenvalue weighted by Crippen LogP contribution is 2.38. The number of hydrogen-bond acceptors (Lipinski definition) is 1. The molecule has 0 saturated heterocycles. The largest absolute Gasteiger partial charge is 0.507 e. The molecule has 1 N–H and O–H groups in total. The van der Waals surface area contributed by atoms with Crippen molar-refractivity contribution >= 4 is 26.7 Å². The molecule has 0 spiro atoms. The maximum absolute atomic E-state index is 14.4. The topological polar surface area (TPSA) is 20.2 Å². The van der Waals surface area contributed by atoms with Crippen molar-refractivity contribution in [3.63, 3.8) is 0 Å². The first-order chi connectivity index (χ1) is 11.7. The standard InChI is InChI=1S/C16H10BrFO/c17-14-7-3-6-12(15(14)18)13-9-8-10-4-1-2-5-11(10)16(13)19/h1-9,19H/i1D,2D,4D,5D,8D,9D. The number of phenols is 1. The van der Waals surface area contributed by atoms with Gasteiger partial charge in [-0.25, -0.2) is 4.39 Å². The van der Waals surface area contributed by atoms with Gasteiger partial charge in [0.1, 0.15) is 11.6 Å². The molecule has 94 valence electrons. The summed E-state index contributed by atoms with van der Waals surface area (Å²) >= 11 is 3.02. The Kier molecular flexibility index (Phi) is 1.73. The van der Waals surface area contributed by atoms with E-state index in [0.717, 1.165) is 0 Å². The zero-order chi connectivity index (χ0) is 18.6. The van der Waals surface area contributed by atoms with Crippen LogP contribution in [0.3, 0.4) is 0 Å². The maximum atomic E-state index is 14.4. The molecular weight excluding hydrogens is 307 g/mol. The van der Waals surface area contributed by atoms with E-state index in [2.05, 4.69) is 15.9 Å². The fourth-order valence-electron chi connectivity index (χ4n) is 1.78. The third-order valence-corrected chi connectivity index (χ3v) is 3.31. The Balaban J connectivity index is 2.59. The van der Waals surface area contributed by atoms with E-state index in [1.54, 1.807) is 0 Å². The molecule has 0 fully saturated rings. The van der Waals surface area contributed by atoms with Gasteiger partial charge in [-0.3, -0.25) is 0 Å². The molecule has 0 radical (unpaired) electrons. The van der Waals surface area contributed by atoms with Crippen LogP contribution in [-0.4, -0.2) is 5.11 Å². The van der Waals surface area contributed by atoms with Crippen LogP contribution in [0.15, 0.2) is 58.9 Å². The highest BCUT2D eigenvalue weighted by Gasteiger charge is 2.13. The Morgan fingerprint density at radius 3 is 2.68 bits per heavy atom. The third-order valence-electron chi connectivity index (χ3n) is 2.69. The van der Waals surface area contributed by atoms with Crippen molar-refractivity contribution in [2.45, 2.75) is 0 Å². The summed E-state index contributed by atoms with van der Waals surface area (Å²) in [6, 6.07) is 1.02. The van der Waals surface area contributed by atoms with Crippen molar-refractivity contribution in [3.8, 4) is 16.9 Å². The second-order valence-corrected chi connectivity index (χ2v) is 4.68. The zero-order valence-electron chi connectivity index (χ0n) is 15.4. The lowest BCUT2D eigenvalue weighted by atomic mass is 9.99. The Hall–Kier alpha value is -1.87. The number of rotatable bonds is 1. The summed E-state index contributed by atoms with van der Waals surface area (Å²) in [6.07, 6.45) is 0. The van der Waals surface area contributed by atoms with E-state index >= 15 is 0 Å². The summed E-state index contributed by atoms with van der Waals surface area (Å²) in [7, 11) is 0. The summed E-state index contributed by atoms with van der Waals surface area (Å²) in [5, 5.41) is 10.0. The van der Waals surface area contributed by atoms with Crippen molar-refractivity contribution in [1.82, 2.24) is 0 Å². The quantitative estimate of drug-likeness (QED) is 0.659. The lowest BCUT2D eigenvalue weighted by molar-refractivity contribution is 0.483. The molecule has 0 unspecified atom stereocenters. The van der Waals surface area contributed by atoms with Crippen LogP contribution in [0.2, 0.25) is 0 Å². The minimum Gasteiger partial charge on any atom is -0.507 e. The molecule has 0 aliphatic rings. The molecular formula is C16H10BrFO. The number of halogens is 2. The first-order valence-electron chi connectivity index (χ1n) is 8.35. The van der Waals surface area contributed by atoms with Crippen molar-refractivity contribution in [2.75, 3.05) is 0 Å². The average Bonchev–Trinajstić information content (AvgIpc) is 2.58. The monoisotopic (exact) mass is 322 g/mol. The first-order valence-corrected chi connectivity index (χ1v) is 6.14. The molecule has 3 aromatic rings. The Morgan fingerprint density at radius 1 is 1.05 bits per heavy atom. The number of hydrogen-bond donors (Lipinski definition) is 1. The fourth-order valence-corrected chi connectivity index (χ4v) is 2.15. The Labute approximate surface area is 126 Å². The summed E-state index contributed by atoms with van der Waals surface area (Å²) in [5.74, 6) is -1.40. The van der Waals surface area contributed by atoms with Crippen LogP contribution in [0, 0.1) is 5.82 Å². The summed E-state index contributed by atoms with van der Waals surface area (Å²) in [5.41, 5.74) is -0.430. The molecule has 0 atom stereocenters. The van der Waals surface area contributed by atoms with E-state index in [-0.39, 0.29) is 26.4 Å². The molecule has 0 aliphatic carbocycles. The van der Waals surface area contributed by atoms with Crippen LogP contribution in [0.25, 0.3) is 21.9 Å². The smallest absolute Gasteiger partial charge is 0.145 e. The normalized spacial score (nSPS) is 15.3. The zero-order valence-corrected chi connectivity index (χ0v) is 11.0. The molecule has 1 nitrogen and oxygen atoms in total. The lowest BCUT2D eigenvalue weighted by Gasteiger charge is -2.09. The SMILES string of the molecule is [2H]c1c([2H])c([2H])c2c(O)c(-c3cccc(Br)c3F)c([2H])c([2H])c2c1[2H]. The van der Waals surface area contributed by atoms with Gasteiger partial charge in [-0.15, -0.1) is 0 Å². The second kappa shape index (κ2) is 4.67. The van der Waals surface area contributed by atoms with Gasteiger partial charge in [-0.05, 0) is 33.4 Å². The van der Waals surface area contributed by atoms with Crippen molar-refractivity contribution < 1.29 is 17.7 Å². The van der Waals surface area contributed by atoms with Crippen molar-refractivity contribution in [2.24, 2.45) is 0 Å².